The van der Waals surface area contributed by atoms with Crippen LogP contribution in [-0.4, -0.2) is 221 Å². The van der Waals surface area contributed by atoms with Gasteiger partial charge in [-0.3, -0.25) is 43.2 Å². The fourth-order valence-corrected chi connectivity index (χ4v) is 11.2. The molecule has 5 aliphatic rings. The number of nitrogens with one attached hydrogen (secondary N) is 2. The largest absolute Gasteiger partial charge is 0.497 e. The molecule has 2 amide bonds. The number of ether oxygens (including phenoxy) is 19. The van der Waals surface area contributed by atoms with Gasteiger partial charge in [0, 0.05) is 67.9 Å². The zero-order valence-electron chi connectivity index (χ0n) is 53.3. The Labute approximate surface area is 544 Å². The average Bonchev–Trinajstić information content (AvgIpc) is 0.763. The number of hydrogen-bond donors (Lipinski definition) is 3. The van der Waals surface area contributed by atoms with E-state index < -0.39 is 208 Å². The van der Waals surface area contributed by atoms with E-state index in [1.165, 1.54) is 31.4 Å². The Balaban J connectivity index is 1.31. The topological polar surface area (TPSA) is 390 Å². The summed E-state index contributed by atoms with van der Waals surface area (Å²) in [5.41, 5.74) is 0.567. The van der Waals surface area contributed by atoms with Crippen molar-refractivity contribution in [2.24, 2.45) is 0 Å². The number of benzene rings is 3. The van der Waals surface area contributed by atoms with Crippen LogP contribution in [0.1, 0.15) is 84.5 Å². The number of carbonyl (C=O) groups is 10. The van der Waals surface area contributed by atoms with E-state index in [9.17, 15) is 53.1 Å². The van der Waals surface area contributed by atoms with Gasteiger partial charge in [0.25, 0.3) is 0 Å². The molecular formula is C63H76N2O30. The number of aliphatic hydroxyl groups is 1. The van der Waals surface area contributed by atoms with Gasteiger partial charge in [-0.15, -0.1) is 0 Å². The Morgan fingerprint density at radius 1 is 0.442 bits per heavy atom. The predicted molar refractivity (Wildman–Crippen MR) is 312 cm³/mol. The number of amides is 2. The number of rotatable bonds is 24. The second-order valence-electron chi connectivity index (χ2n) is 22.3. The minimum atomic E-state index is -2.10. The molecule has 0 aliphatic carbocycles. The Morgan fingerprint density at radius 2 is 0.884 bits per heavy atom. The van der Waals surface area contributed by atoms with E-state index in [2.05, 4.69) is 10.6 Å². The highest BCUT2D eigenvalue weighted by atomic mass is 16.8. The number of methoxy groups -OCH3 is 1. The van der Waals surface area contributed by atoms with Crippen LogP contribution >= 0.6 is 0 Å². The SMILES string of the molecule is COc1ccc(O[C@@H]2O[C@H](COC(C)=O)[C@H](O[C@@H]3O[C@H](COC(C)=O)[C@H](OC(C)=O)[C@H](O[C@@H]4O[C@H](COC(C)=O)[C@H](OC(C)=O)[C@H](OC(C)=O)[C@H]4OC(C)=O)[C@H]3NC(C)=O)[C@H](O[C@@H]3O[C@@H]4CO[C@@H](c5ccccc5)O[C@H]4[C@H](O)[C@H]3NC(C)=O)[C@H]2OC(=O)c2ccccc2)cc1. The van der Waals surface area contributed by atoms with Crippen LogP contribution < -0.4 is 20.1 Å². The fraction of sp³-hybridized carbons (Fsp3) is 0.556. The summed E-state index contributed by atoms with van der Waals surface area (Å²) in [5.74, 6) is -8.81. The molecule has 0 spiro atoms. The highest BCUT2D eigenvalue weighted by Gasteiger charge is 2.61. The summed E-state index contributed by atoms with van der Waals surface area (Å²) < 4.78 is 117. The first-order chi connectivity index (χ1) is 45.3. The predicted octanol–water partition coefficient (Wildman–Crippen LogP) is 1.26. The van der Waals surface area contributed by atoms with Gasteiger partial charge in [-0.1, -0.05) is 48.5 Å². The molecule has 21 atom stereocenters. The fourth-order valence-electron chi connectivity index (χ4n) is 11.2. The van der Waals surface area contributed by atoms with Gasteiger partial charge < -0.3 is 106 Å². The van der Waals surface area contributed by atoms with E-state index in [0.717, 1.165) is 62.3 Å². The molecule has 32 heteroatoms. The monoisotopic (exact) mass is 1340 g/mol. The van der Waals surface area contributed by atoms with Gasteiger partial charge in [-0.25, -0.2) is 4.79 Å². The minimum absolute atomic E-state index is 0.0184. The lowest BCUT2D eigenvalue weighted by Crippen LogP contribution is -2.72. The third-order valence-corrected chi connectivity index (χ3v) is 15.0. The maximum atomic E-state index is 14.7. The maximum absolute atomic E-state index is 14.7. The summed E-state index contributed by atoms with van der Waals surface area (Å²) >= 11 is 0. The van der Waals surface area contributed by atoms with Gasteiger partial charge in [0.1, 0.15) is 98.3 Å². The smallest absolute Gasteiger partial charge is 0.338 e. The molecule has 0 saturated carbocycles. The first kappa shape index (κ1) is 72.4. The Hall–Kier alpha value is -8.44. The molecule has 0 bridgehead atoms. The van der Waals surface area contributed by atoms with E-state index in [0.29, 0.717) is 11.3 Å². The van der Waals surface area contributed by atoms with E-state index in [1.54, 1.807) is 60.7 Å². The van der Waals surface area contributed by atoms with Crippen molar-refractivity contribution in [2.75, 3.05) is 33.5 Å². The van der Waals surface area contributed by atoms with E-state index in [1.807, 2.05) is 0 Å². The molecule has 8 rings (SSSR count). The molecule has 3 aromatic carbocycles. The van der Waals surface area contributed by atoms with Gasteiger partial charge in [-0.2, -0.15) is 0 Å². The van der Waals surface area contributed by atoms with E-state index >= 15 is 0 Å². The summed E-state index contributed by atoms with van der Waals surface area (Å²) in [5, 5.41) is 17.8. The molecule has 0 aromatic heterocycles. The zero-order chi connectivity index (χ0) is 68.8. The summed E-state index contributed by atoms with van der Waals surface area (Å²) in [6, 6.07) is 19.0. The third-order valence-electron chi connectivity index (χ3n) is 15.0. The first-order valence-corrected chi connectivity index (χ1v) is 30.0. The maximum Gasteiger partial charge on any atom is 0.338 e. The summed E-state index contributed by atoms with van der Waals surface area (Å²) in [6.45, 7) is 6.75. The van der Waals surface area contributed by atoms with Crippen LogP contribution in [0.25, 0.3) is 0 Å². The quantitative estimate of drug-likeness (QED) is 0.0839. The second kappa shape index (κ2) is 33.3. The molecule has 5 heterocycles. The molecule has 0 unspecified atom stereocenters. The molecule has 5 fully saturated rings. The molecule has 5 saturated heterocycles. The lowest BCUT2D eigenvalue weighted by atomic mass is 9.93. The Kier molecular flexibility index (Phi) is 25.4. The summed E-state index contributed by atoms with van der Waals surface area (Å²) in [4.78, 5) is 132. The number of aliphatic hydroxyl groups excluding tert-OH is 1. The number of fused-ring (bicyclic) bond motifs is 1. The van der Waals surface area contributed by atoms with Gasteiger partial charge >= 0.3 is 47.8 Å². The van der Waals surface area contributed by atoms with Crippen molar-refractivity contribution < 1.29 is 143 Å². The normalized spacial score (nSPS) is 31.8. The van der Waals surface area contributed by atoms with Gasteiger partial charge in [0.15, 0.2) is 55.7 Å². The molecule has 3 aromatic rings. The van der Waals surface area contributed by atoms with Crippen molar-refractivity contribution in [1.29, 1.82) is 0 Å². The molecule has 3 N–H and O–H groups in total. The highest BCUT2D eigenvalue weighted by Crippen LogP contribution is 2.41. The van der Waals surface area contributed by atoms with Crippen molar-refractivity contribution in [3.8, 4) is 11.5 Å². The lowest BCUT2D eigenvalue weighted by Gasteiger charge is -2.52. The van der Waals surface area contributed by atoms with Crippen LogP contribution in [0.3, 0.4) is 0 Å². The highest BCUT2D eigenvalue weighted by molar-refractivity contribution is 5.89. The van der Waals surface area contributed by atoms with Crippen LogP contribution in [0, 0.1) is 0 Å². The molecule has 5 aliphatic heterocycles. The lowest BCUT2D eigenvalue weighted by molar-refractivity contribution is -0.385. The van der Waals surface area contributed by atoms with Gasteiger partial charge in [0.05, 0.1) is 19.3 Å². The van der Waals surface area contributed by atoms with Gasteiger partial charge in [-0.05, 0) is 36.4 Å². The van der Waals surface area contributed by atoms with E-state index in [-0.39, 0.29) is 17.9 Å². The minimum Gasteiger partial charge on any atom is -0.497 e. The van der Waals surface area contributed by atoms with Crippen molar-refractivity contribution in [2.45, 2.75) is 191 Å². The number of esters is 8. The van der Waals surface area contributed by atoms with Crippen molar-refractivity contribution in [3.05, 3.63) is 96.1 Å². The Morgan fingerprint density at radius 3 is 1.42 bits per heavy atom. The zero-order valence-corrected chi connectivity index (χ0v) is 53.3. The standard InChI is InChI=1S/C63H76N2O30/c1-29(66)64-46-48(75)49-42(28-81-59(92-49)39-19-15-12-16-20-39)87-60(46)95-55-52(45(27-80-33(5)70)89-62(86-41-23-21-40(77-10)22-24-41)57(55)91-58(76)38-17-13-11-14-18-38)93-61-47(65-30(2)67)53(50(82-34(6)71)43(88-61)25-78-31(3)68)94-63-56(85-37(9)74)54(84-36(8)73)51(83-35(7)72)44(90-63)26-79-32(4)69/h11-24,42-57,59-63,75H,25-28H2,1-10H3,(H,64,66)(H,65,67)/t42-,43-,44-,45-,46-,47-,48-,49-,50+,51+,52+,53-,54+,55+,56-,57-,59-,60+,61+,62-,63+/m1/s1. The number of hydrogen-bond acceptors (Lipinski definition) is 30. The number of carbonyl (C=O) groups excluding carboxylic acids is 10. The summed E-state index contributed by atoms with van der Waals surface area (Å²) in [7, 11) is 1.43. The molecule has 518 valence electrons. The molecule has 0 radical (unpaired) electrons. The van der Waals surface area contributed by atoms with Crippen LogP contribution in [0.4, 0.5) is 0 Å². The van der Waals surface area contributed by atoms with Crippen molar-refractivity contribution in [3.63, 3.8) is 0 Å². The summed E-state index contributed by atoms with van der Waals surface area (Å²) in [6.07, 6.45) is -33.1. The first-order valence-electron chi connectivity index (χ1n) is 30.0. The van der Waals surface area contributed by atoms with Crippen LogP contribution in [0.15, 0.2) is 84.9 Å². The van der Waals surface area contributed by atoms with Crippen LogP contribution in [0.5, 0.6) is 11.5 Å². The molecule has 32 nitrogen and oxygen atoms in total. The van der Waals surface area contributed by atoms with Crippen LogP contribution in [0.2, 0.25) is 0 Å². The second-order valence-corrected chi connectivity index (χ2v) is 22.3. The third kappa shape index (κ3) is 19.4. The average molecular weight is 1340 g/mol. The molecular weight excluding hydrogens is 1260 g/mol. The van der Waals surface area contributed by atoms with Crippen molar-refractivity contribution in [1.82, 2.24) is 10.6 Å². The van der Waals surface area contributed by atoms with Crippen molar-refractivity contribution >= 4 is 59.6 Å². The Bertz CT molecular complexity index is 3160. The van der Waals surface area contributed by atoms with Gasteiger partial charge in [0.2, 0.25) is 18.1 Å². The van der Waals surface area contributed by atoms with E-state index in [4.69, 9.17) is 90.0 Å². The molecule has 95 heavy (non-hydrogen) atoms. The van der Waals surface area contributed by atoms with Crippen LogP contribution in [-0.2, 0) is 124 Å².